The molecule has 0 aliphatic rings. The van der Waals surface area contributed by atoms with Gasteiger partial charge in [0.05, 0.1) is 33.3 Å². The van der Waals surface area contributed by atoms with E-state index < -0.39 is 0 Å². The first kappa shape index (κ1) is 27.1. The van der Waals surface area contributed by atoms with Crippen LogP contribution in [0, 0.1) is 0 Å². The average molecular weight is 512 g/mol. The number of hydrogen-bond donors (Lipinski definition) is 1. The average Bonchev–Trinajstić information content (AvgIpc) is 3.29. The molecule has 1 amide bonds. The van der Waals surface area contributed by atoms with E-state index in [1.54, 1.807) is 33.5 Å². The topological polar surface area (TPSA) is 99.9 Å². The Morgan fingerprint density at radius 1 is 1.03 bits per heavy atom. The Balaban J connectivity index is 1.65. The van der Waals surface area contributed by atoms with Gasteiger partial charge in [0.25, 0.3) is 5.91 Å². The lowest BCUT2D eigenvalue weighted by Gasteiger charge is -2.19. The molecule has 0 atom stereocenters. The zero-order valence-electron chi connectivity index (χ0n) is 21.8. The van der Waals surface area contributed by atoms with Crippen LogP contribution in [0.3, 0.4) is 0 Å². The Hall–Kier alpha value is -3.53. The van der Waals surface area contributed by atoms with Gasteiger partial charge in [0.1, 0.15) is 5.75 Å². The van der Waals surface area contributed by atoms with Gasteiger partial charge in [0.2, 0.25) is 0 Å². The van der Waals surface area contributed by atoms with Gasteiger partial charge in [0, 0.05) is 23.7 Å². The molecule has 1 aromatic heterocycles. The minimum Gasteiger partial charge on any atom is -0.496 e. The largest absolute Gasteiger partial charge is 0.496 e. The number of aromatic nitrogens is 3. The van der Waals surface area contributed by atoms with Crippen molar-refractivity contribution in [3.05, 3.63) is 47.5 Å². The predicted molar refractivity (Wildman–Crippen MR) is 142 cm³/mol. The van der Waals surface area contributed by atoms with Crippen molar-refractivity contribution in [3.8, 4) is 28.6 Å². The van der Waals surface area contributed by atoms with Crippen LogP contribution in [0.4, 0.5) is 0 Å². The van der Waals surface area contributed by atoms with Crippen molar-refractivity contribution >= 4 is 23.9 Å². The maximum atomic E-state index is 12.4. The van der Waals surface area contributed by atoms with Gasteiger partial charge in [-0.3, -0.25) is 4.79 Å². The second kappa shape index (κ2) is 11.9. The molecule has 36 heavy (non-hydrogen) atoms. The standard InChI is InChI=1S/C26H33N5O4S/c1-8-31-24(17-9-11-19(12-10-17)26(2,3)4)29-30-25(31)36-16-23(32)28-27-15-18-13-21(34-6)22(35-7)14-20(18)33-5/h9-15H,8,16H2,1-7H3,(H,28,32)/b27-15+. The quantitative estimate of drug-likeness (QED) is 0.242. The molecule has 0 fully saturated rings. The van der Waals surface area contributed by atoms with E-state index in [0.29, 0.717) is 34.5 Å². The molecule has 0 aliphatic heterocycles. The lowest BCUT2D eigenvalue weighted by Crippen LogP contribution is -2.20. The van der Waals surface area contributed by atoms with Crippen LogP contribution < -0.4 is 19.6 Å². The lowest BCUT2D eigenvalue weighted by molar-refractivity contribution is -0.118. The number of nitrogens with one attached hydrogen (secondary N) is 1. The van der Waals surface area contributed by atoms with E-state index in [0.717, 1.165) is 11.4 Å². The molecule has 3 rings (SSSR count). The molecule has 1 heterocycles. The van der Waals surface area contributed by atoms with Crippen molar-refractivity contribution in [2.45, 2.75) is 44.8 Å². The Morgan fingerprint density at radius 2 is 1.67 bits per heavy atom. The smallest absolute Gasteiger partial charge is 0.250 e. The summed E-state index contributed by atoms with van der Waals surface area (Å²) in [4.78, 5) is 12.4. The fraction of sp³-hybridized carbons (Fsp3) is 0.385. The highest BCUT2D eigenvalue weighted by molar-refractivity contribution is 7.99. The second-order valence-electron chi connectivity index (χ2n) is 8.91. The third kappa shape index (κ3) is 6.37. The first-order chi connectivity index (χ1) is 17.2. The number of nitrogens with zero attached hydrogens (tertiary/aromatic N) is 4. The summed E-state index contributed by atoms with van der Waals surface area (Å²) in [6.45, 7) is 9.27. The number of rotatable bonds is 10. The second-order valence-corrected chi connectivity index (χ2v) is 9.85. The van der Waals surface area contributed by atoms with E-state index in [4.69, 9.17) is 14.2 Å². The SMILES string of the molecule is CCn1c(SCC(=O)N/N=C/c2cc(OC)c(OC)cc2OC)nnc1-c1ccc(C(C)(C)C)cc1. The molecule has 0 saturated carbocycles. The number of hydrogen-bond acceptors (Lipinski definition) is 8. The van der Waals surface area contributed by atoms with E-state index in [1.807, 2.05) is 11.5 Å². The summed E-state index contributed by atoms with van der Waals surface area (Å²) in [6.07, 6.45) is 1.50. The van der Waals surface area contributed by atoms with Gasteiger partial charge in [-0.1, -0.05) is 56.8 Å². The Kier molecular flexibility index (Phi) is 8.98. The summed E-state index contributed by atoms with van der Waals surface area (Å²) in [7, 11) is 4.64. The van der Waals surface area contributed by atoms with Crippen LogP contribution in [-0.2, 0) is 16.8 Å². The maximum Gasteiger partial charge on any atom is 0.250 e. The number of methoxy groups -OCH3 is 3. The Labute approximate surface area is 216 Å². The van der Waals surface area contributed by atoms with Crippen LogP contribution in [0.1, 0.15) is 38.8 Å². The van der Waals surface area contributed by atoms with Gasteiger partial charge in [0.15, 0.2) is 22.5 Å². The highest BCUT2D eigenvalue weighted by atomic mass is 32.2. The van der Waals surface area contributed by atoms with Crippen molar-refractivity contribution in [2.75, 3.05) is 27.1 Å². The molecule has 9 nitrogen and oxygen atoms in total. The molecule has 0 spiro atoms. The maximum absolute atomic E-state index is 12.4. The Morgan fingerprint density at radius 3 is 2.25 bits per heavy atom. The van der Waals surface area contributed by atoms with Crippen molar-refractivity contribution in [3.63, 3.8) is 0 Å². The van der Waals surface area contributed by atoms with E-state index >= 15 is 0 Å². The van der Waals surface area contributed by atoms with Crippen molar-refractivity contribution in [1.29, 1.82) is 0 Å². The van der Waals surface area contributed by atoms with Crippen LogP contribution in [0.15, 0.2) is 46.7 Å². The lowest BCUT2D eigenvalue weighted by atomic mass is 9.87. The third-order valence-electron chi connectivity index (χ3n) is 5.50. The first-order valence-corrected chi connectivity index (χ1v) is 12.5. The summed E-state index contributed by atoms with van der Waals surface area (Å²) in [5, 5.41) is 13.4. The van der Waals surface area contributed by atoms with Crippen molar-refractivity contribution < 1.29 is 19.0 Å². The molecular weight excluding hydrogens is 478 g/mol. The summed E-state index contributed by atoms with van der Waals surface area (Å²) in [6, 6.07) is 11.8. The molecule has 2 aromatic carbocycles. The fourth-order valence-corrected chi connectivity index (χ4v) is 4.30. The first-order valence-electron chi connectivity index (χ1n) is 11.5. The van der Waals surface area contributed by atoms with Gasteiger partial charge >= 0.3 is 0 Å². The molecular formula is C26H33N5O4S. The van der Waals surface area contributed by atoms with E-state index in [1.165, 1.54) is 23.5 Å². The predicted octanol–water partition coefficient (Wildman–Crippen LogP) is 4.53. The molecule has 1 N–H and O–H groups in total. The number of carbonyl (C=O) groups is 1. The van der Waals surface area contributed by atoms with Gasteiger partial charge in [-0.05, 0) is 24.0 Å². The zero-order chi connectivity index (χ0) is 26.3. The number of carbonyl (C=O) groups excluding carboxylic acids is 1. The van der Waals surface area contributed by atoms with Crippen LogP contribution in [0.25, 0.3) is 11.4 Å². The number of thioether (sulfide) groups is 1. The highest BCUT2D eigenvalue weighted by Gasteiger charge is 2.17. The van der Waals surface area contributed by atoms with Crippen LogP contribution in [0.2, 0.25) is 0 Å². The van der Waals surface area contributed by atoms with Gasteiger partial charge in [-0.25, -0.2) is 5.43 Å². The molecule has 0 unspecified atom stereocenters. The summed E-state index contributed by atoms with van der Waals surface area (Å²) in [5.74, 6) is 2.26. The molecule has 0 saturated heterocycles. The van der Waals surface area contributed by atoms with Gasteiger partial charge in [-0.2, -0.15) is 5.10 Å². The third-order valence-corrected chi connectivity index (χ3v) is 6.47. The number of amides is 1. The summed E-state index contributed by atoms with van der Waals surface area (Å²) < 4.78 is 18.0. The van der Waals surface area contributed by atoms with Crippen LogP contribution in [0.5, 0.6) is 17.2 Å². The van der Waals surface area contributed by atoms with E-state index in [2.05, 4.69) is 65.8 Å². The van der Waals surface area contributed by atoms with Crippen LogP contribution in [-0.4, -0.2) is 54.0 Å². The Bertz CT molecular complexity index is 1220. The molecule has 10 heteroatoms. The summed E-state index contributed by atoms with van der Waals surface area (Å²) in [5.41, 5.74) is 5.50. The van der Waals surface area contributed by atoms with E-state index in [9.17, 15) is 4.79 Å². The van der Waals surface area contributed by atoms with Crippen LogP contribution >= 0.6 is 11.8 Å². The normalized spacial score (nSPS) is 11.5. The fourth-order valence-electron chi connectivity index (χ4n) is 3.50. The monoisotopic (exact) mass is 511 g/mol. The molecule has 3 aromatic rings. The molecule has 0 aliphatic carbocycles. The minimum absolute atomic E-state index is 0.0817. The van der Waals surface area contributed by atoms with Crippen molar-refractivity contribution in [2.24, 2.45) is 5.10 Å². The van der Waals surface area contributed by atoms with Gasteiger partial charge in [-0.15, -0.1) is 10.2 Å². The zero-order valence-corrected chi connectivity index (χ0v) is 22.6. The number of hydrazone groups is 1. The minimum atomic E-state index is -0.266. The van der Waals surface area contributed by atoms with Gasteiger partial charge < -0.3 is 18.8 Å². The summed E-state index contributed by atoms with van der Waals surface area (Å²) >= 11 is 1.31. The molecule has 0 bridgehead atoms. The highest BCUT2D eigenvalue weighted by Crippen LogP contribution is 2.33. The number of benzene rings is 2. The molecule has 0 radical (unpaired) electrons. The van der Waals surface area contributed by atoms with Crippen molar-refractivity contribution in [1.82, 2.24) is 20.2 Å². The number of ether oxygens (including phenoxy) is 3. The van der Waals surface area contributed by atoms with E-state index in [-0.39, 0.29) is 17.1 Å². The molecule has 192 valence electrons.